The standard InChI is InChI=1S/C14H13IN2O3/c1-3-4-20-13-11(15)6-9(7-12(13)19-2)5-10(8-16)14(17)18/h3,5-7H,1,4H2,2H3,(H2,17,18)/b10-5-. The lowest BCUT2D eigenvalue weighted by molar-refractivity contribution is -0.114. The van der Waals surface area contributed by atoms with Gasteiger partial charge in [0.25, 0.3) is 5.91 Å². The van der Waals surface area contributed by atoms with Crippen molar-refractivity contribution >= 4 is 34.6 Å². The van der Waals surface area contributed by atoms with Crippen LogP contribution < -0.4 is 15.2 Å². The first kappa shape index (κ1) is 16.0. The number of carbonyl (C=O) groups excluding carboxylic acids is 1. The molecular formula is C14H13IN2O3. The van der Waals surface area contributed by atoms with E-state index in [0.717, 1.165) is 3.57 Å². The van der Waals surface area contributed by atoms with Gasteiger partial charge in [-0.1, -0.05) is 12.7 Å². The van der Waals surface area contributed by atoms with Gasteiger partial charge < -0.3 is 15.2 Å². The molecule has 1 rings (SSSR count). The van der Waals surface area contributed by atoms with Crippen LogP contribution in [0, 0.1) is 14.9 Å². The van der Waals surface area contributed by atoms with Crippen LogP contribution in [0.1, 0.15) is 5.56 Å². The van der Waals surface area contributed by atoms with Crippen LogP contribution in [0.5, 0.6) is 11.5 Å². The van der Waals surface area contributed by atoms with Crippen molar-refractivity contribution in [3.63, 3.8) is 0 Å². The third kappa shape index (κ3) is 3.99. The van der Waals surface area contributed by atoms with Crippen molar-refractivity contribution in [2.24, 2.45) is 5.73 Å². The van der Waals surface area contributed by atoms with Crippen LogP contribution in [0.2, 0.25) is 0 Å². The van der Waals surface area contributed by atoms with Crippen LogP contribution in [-0.2, 0) is 4.79 Å². The molecule has 0 aliphatic rings. The maximum Gasteiger partial charge on any atom is 0.259 e. The van der Waals surface area contributed by atoms with E-state index in [1.54, 1.807) is 24.3 Å². The van der Waals surface area contributed by atoms with E-state index in [-0.39, 0.29) is 5.57 Å². The number of hydrogen-bond acceptors (Lipinski definition) is 4. The maximum absolute atomic E-state index is 11.0. The Balaban J connectivity index is 3.26. The molecule has 6 heteroatoms. The summed E-state index contributed by atoms with van der Waals surface area (Å²) in [6, 6.07) is 5.19. The lowest BCUT2D eigenvalue weighted by atomic mass is 10.1. The second-order valence-corrected chi connectivity index (χ2v) is 4.83. The van der Waals surface area contributed by atoms with Crippen LogP contribution in [-0.4, -0.2) is 19.6 Å². The van der Waals surface area contributed by atoms with Crippen molar-refractivity contribution in [1.29, 1.82) is 5.26 Å². The quantitative estimate of drug-likeness (QED) is 0.353. The molecule has 0 atom stereocenters. The zero-order valence-corrected chi connectivity index (χ0v) is 13.0. The highest BCUT2D eigenvalue weighted by Gasteiger charge is 2.12. The minimum Gasteiger partial charge on any atom is -0.493 e. The second-order valence-electron chi connectivity index (χ2n) is 3.67. The number of hydrogen-bond donors (Lipinski definition) is 1. The van der Waals surface area contributed by atoms with Crippen molar-refractivity contribution < 1.29 is 14.3 Å². The minimum atomic E-state index is -0.770. The molecule has 0 aliphatic heterocycles. The van der Waals surface area contributed by atoms with E-state index < -0.39 is 5.91 Å². The largest absolute Gasteiger partial charge is 0.493 e. The highest BCUT2D eigenvalue weighted by molar-refractivity contribution is 14.1. The summed E-state index contributed by atoms with van der Waals surface area (Å²) in [5, 5.41) is 8.84. The summed E-state index contributed by atoms with van der Waals surface area (Å²) < 4.78 is 11.5. The molecule has 0 fully saturated rings. The summed E-state index contributed by atoms with van der Waals surface area (Å²) in [4.78, 5) is 11.0. The zero-order chi connectivity index (χ0) is 15.1. The summed E-state index contributed by atoms with van der Waals surface area (Å²) in [7, 11) is 1.51. The summed E-state index contributed by atoms with van der Waals surface area (Å²) in [5.41, 5.74) is 5.61. The highest BCUT2D eigenvalue weighted by Crippen LogP contribution is 2.34. The molecule has 0 radical (unpaired) electrons. The number of primary amides is 1. The molecule has 1 aromatic carbocycles. The number of nitrogens with two attached hydrogens (primary N) is 1. The second kappa shape index (κ2) is 7.55. The van der Waals surface area contributed by atoms with E-state index in [2.05, 4.69) is 29.2 Å². The molecule has 0 bridgehead atoms. The molecule has 0 saturated heterocycles. The molecule has 0 aliphatic carbocycles. The molecule has 1 amide bonds. The molecule has 0 spiro atoms. The number of benzene rings is 1. The molecule has 2 N–H and O–H groups in total. The van der Waals surface area contributed by atoms with E-state index in [1.807, 2.05) is 0 Å². The Morgan fingerprint density at radius 3 is 2.80 bits per heavy atom. The molecule has 0 aromatic heterocycles. The molecule has 0 heterocycles. The number of rotatable bonds is 6. The number of carbonyl (C=O) groups is 1. The van der Waals surface area contributed by atoms with Crippen LogP contribution >= 0.6 is 22.6 Å². The first-order valence-electron chi connectivity index (χ1n) is 5.56. The first-order chi connectivity index (χ1) is 9.53. The van der Waals surface area contributed by atoms with Gasteiger partial charge in [-0.25, -0.2) is 0 Å². The van der Waals surface area contributed by atoms with E-state index in [0.29, 0.717) is 23.7 Å². The fraction of sp³-hybridized carbons (Fsp3) is 0.143. The maximum atomic E-state index is 11.0. The normalized spacial score (nSPS) is 10.6. The molecule has 1 aromatic rings. The first-order valence-corrected chi connectivity index (χ1v) is 6.64. The van der Waals surface area contributed by atoms with E-state index in [9.17, 15) is 4.79 Å². The van der Waals surface area contributed by atoms with Gasteiger partial charge in [-0.2, -0.15) is 5.26 Å². The minimum absolute atomic E-state index is 0.123. The molecule has 0 unspecified atom stereocenters. The Kier molecular flexibility index (Phi) is 6.06. The Bertz CT molecular complexity index is 603. The Morgan fingerprint density at radius 1 is 1.60 bits per heavy atom. The average molecular weight is 384 g/mol. The Morgan fingerprint density at radius 2 is 2.30 bits per heavy atom. The molecular weight excluding hydrogens is 371 g/mol. The number of nitrogens with zero attached hydrogens (tertiary/aromatic N) is 1. The lowest BCUT2D eigenvalue weighted by Crippen LogP contribution is -2.12. The highest BCUT2D eigenvalue weighted by atomic mass is 127. The summed E-state index contributed by atoms with van der Waals surface area (Å²) in [6.45, 7) is 3.94. The monoisotopic (exact) mass is 384 g/mol. The predicted octanol–water partition coefficient (Wildman–Crippen LogP) is 2.26. The topological polar surface area (TPSA) is 85.3 Å². The van der Waals surface area contributed by atoms with Crippen molar-refractivity contribution in [2.45, 2.75) is 0 Å². The third-order valence-corrected chi connectivity index (χ3v) is 3.10. The summed E-state index contributed by atoms with van der Waals surface area (Å²) in [6.07, 6.45) is 3.04. The van der Waals surface area contributed by atoms with Gasteiger partial charge >= 0.3 is 0 Å². The zero-order valence-electron chi connectivity index (χ0n) is 10.9. The number of amides is 1. The summed E-state index contributed by atoms with van der Waals surface area (Å²) in [5.74, 6) is 0.322. The van der Waals surface area contributed by atoms with Crippen molar-refractivity contribution in [2.75, 3.05) is 13.7 Å². The summed E-state index contributed by atoms with van der Waals surface area (Å²) >= 11 is 2.08. The predicted molar refractivity (Wildman–Crippen MR) is 84.2 cm³/mol. The van der Waals surface area contributed by atoms with Gasteiger partial charge in [0, 0.05) is 0 Å². The van der Waals surface area contributed by atoms with Crippen LogP contribution in [0.3, 0.4) is 0 Å². The van der Waals surface area contributed by atoms with Crippen molar-refractivity contribution in [3.05, 3.63) is 39.5 Å². The van der Waals surface area contributed by atoms with Crippen molar-refractivity contribution in [3.8, 4) is 17.6 Å². The Hall–Kier alpha value is -2.01. The molecule has 20 heavy (non-hydrogen) atoms. The lowest BCUT2D eigenvalue weighted by Gasteiger charge is -2.12. The van der Waals surface area contributed by atoms with Crippen LogP contribution in [0.15, 0.2) is 30.4 Å². The average Bonchev–Trinajstić information content (AvgIpc) is 2.42. The number of methoxy groups -OCH3 is 1. The fourth-order valence-corrected chi connectivity index (χ4v) is 2.21. The van der Waals surface area contributed by atoms with Crippen molar-refractivity contribution in [1.82, 2.24) is 0 Å². The number of halogens is 1. The van der Waals surface area contributed by atoms with Gasteiger partial charge in [0.15, 0.2) is 11.5 Å². The van der Waals surface area contributed by atoms with Gasteiger partial charge in [-0.05, 0) is 46.4 Å². The molecule has 0 saturated carbocycles. The van der Waals surface area contributed by atoms with Gasteiger partial charge in [0.1, 0.15) is 18.2 Å². The van der Waals surface area contributed by atoms with Gasteiger partial charge in [0.05, 0.1) is 10.7 Å². The van der Waals surface area contributed by atoms with E-state index in [1.165, 1.54) is 13.2 Å². The number of ether oxygens (including phenoxy) is 2. The smallest absolute Gasteiger partial charge is 0.259 e. The number of nitriles is 1. The molecule has 5 nitrogen and oxygen atoms in total. The van der Waals surface area contributed by atoms with Crippen LogP contribution in [0.25, 0.3) is 6.08 Å². The van der Waals surface area contributed by atoms with E-state index >= 15 is 0 Å². The SMILES string of the molecule is C=CCOc1c(I)cc(/C=C(/C#N)C(N)=O)cc1OC. The van der Waals surface area contributed by atoms with Crippen LogP contribution in [0.4, 0.5) is 0 Å². The molecule has 104 valence electrons. The fourth-order valence-electron chi connectivity index (χ4n) is 1.43. The van der Waals surface area contributed by atoms with Gasteiger partial charge in [-0.15, -0.1) is 0 Å². The van der Waals surface area contributed by atoms with Gasteiger partial charge in [0.2, 0.25) is 0 Å². The Labute approximate surface area is 130 Å². The third-order valence-electron chi connectivity index (χ3n) is 2.29. The van der Waals surface area contributed by atoms with E-state index in [4.69, 9.17) is 20.5 Å². The van der Waals surface area contributed by atoms with Gasteiger partial charge in [-0.3, -0.25) is 4.79 Å².